The van der Waals surface area contributed by atoms with Crippen LogP contribution >= 0.6 is 38.9 Å². The maximum Gasteiger partial charge on any atom is 0.125 e. The molecule has 0 spiro atoms. The predicted octanol–water partition coefficient (Wildman–Crippen LogP) is 3.81. The molecule has 2 rings (SSSR count). The van der Waals surface area contributed by atoms with Crippen molar-refractivity contribution < 1.29 is 5.11 Å². The lowest BCUT2D eigenvalue weighted by atomic mass is 9.95. The molecule has 0 saturated heterocycles. The highest BCUT2D eigenvalue weighted by Crippen LogP contribution is 2.39. The van der Waals surface area contributed by atoms with Gasteiger partial charge < -0.3 is 5.11 Å². The van der Waals surface area contributed by atoms with Crippen LogP contribution in [-0.2, 0) is 5.60 Å². The van der Waals surface area contributed by atoms with Crippen LogP contribution in [0.3, 0.4) is 0 Å². The number of benzene rings is 1. The lowest BCUT2D eigenvalue weighted by Gasteiger charge is -2.23. The fraction of sp³-hybridized carbons (Fsp3) is 0.182. The van der Waals surface area contributed by atoms with Gasteiger partial charge in [0.2, 0.25) is 0 Å². The van der Waals surface area contributed by atoms with Gasteiger partial charge in [-0.05, 0) is 28.9 Å². The van der Waals surface area contributed by atoms with Gasteiger partial charge in [0, 0.05) is 10.6 Å². The Morgan fingerprint density at radius 2 is 2.12 bits per heavy atom. The first-order chi connectivity index (χ1) is 7.53. The first-order valence-corrected chi connectivity index (χ1v) is 6.65. The van der Waals surface area contributed by atoms with E-state index in [-0.39, 0.29) is 0 Å². The Hall–Kier alpha value is -0.420. The molecule has 0 bridgehead atoms. The van der Waals surface area contributed by atoms with Crippen molar-refractivity contribution in [2.45, 2.75) is 12.5 Å². The summed E-state index contributed by atoms with van der Waals surface area (Å²) < 4.78 is 0.655. The Labute approximate surface area is 111 Å². The summed E-state index contributed by atoms with van der Waals surface area (Å²) in [5.41, 5.74) is 1.24. The molecule has 1 heterocycles. The van der Waals surface area contributed by atoms with Crippen molar-refractivity contribution in [2.75, 3.05) is 0 Å². The third-order valence-electron chi connectivity index (χ3n) is 2.36. The van der Waals surface area contributed by atoms with E-state index in [4.69, 9.17) is 11.6 Å². The highest BCUT2D eigenvalue weighted by atomic mass is 79.9. The fourth-order valence-electron chi connectivity index (χ4n) is 1.53. The standard InChI is InChI=1S/C11H9BrClNOS/c1-11(15,9-10(12)14-6-16-9)7-4-2-3-5-8(7)13/h2-6,15H,1H3. The molecule has 1 atom stereocenters. The Morgan fingerprint density at radius 3 is 2.69 bits per heavy atom. The first-order valence-electron chi connectivity index (χ1n) is 4.60. The van der Waals surface area contributed by atoms with Crippen molar-refractivity contribution in [3.63, 3.8) is 0 Å². The molecule has 0 radical (unpaired) electrons. The number of nitrogens with zero attached hydrogens (tertiary/aromatic N) is 1. The van der Waals surface area contributed by atoms with E-state index in [0.717, 1.165) is 4.88 Å². The van der Waals surface area contributed by atoms with E-state index >= 15 is 0 Å². The number of thiazole rings is 1. The largest absolute Gasteiger partial charge is 0.380 e. The second-order valence-corrected chi connectivity index (χ2v) is 5.54. The average Bonchev–Trinajstić information content (AvgIpc) is 2.65. The molecule has 84 valence electrons. The van der Waals surface area contributed by atoms with E-state index in [2.05, 4.69) is 20.9 Å². The maximum atomic E-state index is 10.6. The molecule has 0 fully saturated rings. The van der Waals surface area contributed by atoms with Gasteiger partial charge in [-0.15, -0.1) is 11.3 Å². The molecule has 1 N–H and O–H groups in total. The average molecular weight is 319 g/mol. The van der Waals surface area contributed by atoms with Gasteiger partial charge >= 0.3 is 0 Å². The molecule has 0 saturated carbocycles. The van der Waals surface area contributed by atoms with Crippen LogP contribution < -0.4 is 0 Å². The molecule has 1 unspecified atom stereocenters. The molecule has 2 aromatic rings. The molecule has 16 heavy (non-hydrogen) atoms. The highest BCUT2D eigenvalue weighted by molar-refractivity contribution is 9.10. The van der Waals surface area contributed by atoms with Gasteiger partial charge in [-0.3, -0.25) is 0 Å². The third-order valence-corrected chi connectivity index (χ3v) is 4.60. The molecule has 0 aliphatic heterocycles. The Kier molecular flexibility index (Phi) is 3.35. The number of aromatic nitrogens is 1. The maximum absolute atomic E-state index is 10.6. The van der Waals surface area contributed by atoms with Gasteiger partial charge in [-0.25, -0.2) is 4.98 Å². The van der Waals surface area contributed by atoms with Gasteiger partial charge in [-0.2, -0.15) is 0 Å². The molecule has 0 amide bonds. The summed E-state index contributed by atoms with van der Waals surface area (Å²) in [5, 5.41) is 11.1. The van der Waals surface area contributed by atoms with Crippen molar-refractivity contribution in [3.05, 3.63) is 49.8 Å². The minimum absolute atomic E-state index is 0.549. The second kappa shape index (κ2) is 4.45. The Bertz CT molecular complexity index is 512. The van der Waals surface area contributed by atoms with Crippen LogP contribution in [0.25, 0.3) is 0 Å². The smallest absolute Gasteiger partial charge is 0.125 e. The molecule has 1 aromatic carbocycles. The predicted molar refractivity (Wildman–Crippen MR) is 69.9 cm³/mol. The van der Waals surface area contributed by atoms with Gasteiger partial charge in [0.15, 0.2) is 0 Å². The quantitative estimate of drug-likeness (QED) is 0.913. The van der Waals surface area contributed by atoms with Crippen LogP contribution in [0.2, 0.25) is 5.02 Å². The summed E-state index contributed by atoms with van der Waals surface area (Å²) in [6.45, 7) is 1.71. The molecule has 0 aliphatic rings. The van der Waals surface area contributed by atoms with Gasteiger partial charge in [0.1, 0.15) is 10.2 Å². The zero-order valence-corrected chi connectivity index (χ0v) is 11.6. The van der Waals surface area contributed by atoms with Crippen molar-refractivity contribution in [1.82, 2.24) is 4.98 Å². The zero-order valence-electron chi connectivity index (χ0n) is 8.45. The van der Waals surface area contributed by atoms with Crippen molar-refractivity contribution in [1.29, 1.82) is 0 Å². The Morgan fingerprint density at radius 1 is 1.44 bits per heavy atom. The number of aliphatic hydroxyl groups is 1. The van der Waals surface area contributed by atoms with Gasteiger partial charge in [-0.1, -0.05) is 29.8 Å². The lowest BCUT2D eigenvalue weighted by Crippen LogP contribution is -2.22. The Balaban J connectivity index is 2.55. The lowest BCUT2D eigenvalue weighted by molar-refractivity contribution is 0.105. The van der Waals surface area contributed by atoms with Crippen molar-refractivity contribution in [3.8, 4) is 0 Å². The van der Waals surface area contributed by atoms with Gasteiger partial charge in [0.05, 0.1) is 10.4 Å². The molecular weight excluding hydrogens is 310 g/mol. The minimum Gasteiger partial charge on any atom is -0.380 e. The monoisotopic (exact) mass is 317 g/mol. The van der Waals surface area contributed by atoms with Crippen LogP contribution in [-0.4, -0.2) is 10.1 Å². The SMILES string of the molecule is CC(O)(c1ccccc1Cl)c1scnc1Br. The molecule has 2 nitrogen and oxygen atoms in total. The van der Waals surface area contributed by atoms with E-state index in [1.807, 2.05) is 18.2 Å². The topological polar surface area (TPSA) is 33.1 Å². The number of halogens is 2. The van der Waals surface area contributed by atoms with E-state index < -0.39 is 5.60 Å². The molecular formula is C11H9BrClNOS. The van der Waals surface area contributed by atoms with E-state index in [1.165, 1.54) is 11.3 Å². The number of hydrogen-bond donors (Lipinski definition) is 1. The molecule has 5 heteroatoms. The normalized spacial score (nSPS) is 14.8. The summed E-state index contributed by atoms with van der Waals surface area (Å²) in [4.78, 5) is 4.82. The van der Waals surface area contributed by atoms with E-state index in [0.29, 0.717) is 15.2 Å². The van der Waals surface area contributed by atoms with Crippen LogP contribution in [0, 0.1) is 0 Å². The van der Waals surface area contributed by atoms with E-state index in [9.17, 15) is 5.11 Å². The van der Waals surface area contributed by atoms with Crippen LogP contribution in [0.1, 0.15) is 17.4 Å². The van der Waals surface area contributed by atoms with Crippen LogP contribution in [0.15, 0.2) is 34.4 Å². The van der Waals surface area contributed by atoms with Crippen molar-refractivity contribution >= 4 is 38.9 Å². The second-order valence-electron chi connectivity index (χ2n) is 3.52. The first kappa shape index (κ1) is 12.0. The van der Waals surface area contributed by atoms with Crippen LogP contribution in [0.5, 0.6) is 0 Å². The fourth-order valence-corrected chi connectivity index (χ4v) is 3.50. The summed E-state index contributed by atoms with van der Waals surface area (Å²) in [7, 11) is 0. The minimum atomic E-state index is -1.13. The number of hydrogen-bond acceptors (Lipinski definition) is 3. The van der Waals surface area contributed by atoms with Gasteiger partial charge in [0.25, 0.3) is 0 Å². The summed E-state index contributed by atoms with van der Waals surface area (Å²) >= 11 is 10.8. The third kappa shape index (κ3) is 2.02. The van der Waals surface area contributed by atoms with Crippen molar-refractivity contribution in [2.24, 2.45) is 0 Å². The summed E-state index contributed by atoms with van der Waals surface area (Å²) in [5.74, 6) is 0. The molecule has 0 aliphatic carbocycles. The molecule has 1 aromatic heterocycles. The summed E-state index contributed by atoms with van der Waals surface area (Å²) in [6.07, 6.45) is 0. The van der Waals surface area contributed by atoms with E-state index in [1.54, 1.807) is 18.5 Å². The van der Waals surface area contributed by atoms with Crippen LogP contribution in [0.4, 0.5) is 0 Å². The summed E-state index contributed by atoms with van der Waals surface area (Å²) in [6, 6.07) is 7.27. The zero-order chi connectivity index (χ0) is 11.8. The number of rotatable bonds is 2. The highest BCUT2D eigenvalue weighted by Gasteiger charge is 2.31.